The van der Waals surface area contributed by atoms with Gasteiger partial charge in [-0.2, -0.15) is 0 Å². The number of benzene rings is 2. The molecule has 0 aliphatic rings. The van der Waals surface area contributed by atoms with E-state index in [9.17, 15) is 14.4 Å². The Morgan fingerprint density at radius 1 is 0.784 bits per heavy atom. The van der Waals surface area contributed by atoms with Crippen molar-refractivity contribution in [1.82, 2.24) is 15.3 Å². The summed E-state index contributed by atoms with van der Waals surface area (Å²) in [5, 5.41) is 8.33. The Labute approximate surface area is 218 Å². The van der Waals surface area contributed by atoms with Gasteiger partial charge in [-0.25, -0.2) is 0 Å². The van der Waals surface area contributed by atoms with Gasteiger partial charge in [0, 0.05) is 46.6 Å². The predicted molar refractivity (Wildman–Crippen MR) is 145 cm³/mol. The van der Waals surface area contributed by atoms with Gasteiger partial charge in [-0.05, 0) is 60.2 Å². The molecule has 3 N–H and O–H groups in total. The number of aromatic nitrogens is 2. The van der Waals surface area contributed by atoms with E-state index in [1.807, 2.05) is 12.1 Å². The second-order valence-electron chi connectivity index (χ2n) is 7.72. The number of amides is 3. The van der Waals surface area contributed by atoms with Crippen LogP contribution >= 0.6 is 11.8 Å². The van der Waals surface area contributed by atoms with Gasteiger partial charge in [0.25, 0.3) is 11.8 Å². The lowest BCUT2D eigenvalue weighted by molar-refractivity contribution is -0.114. The van der Waals surface area contributed by atoms with Gasteiger partial charge in [0.2, 0.25) is 5.91 Å². The molecule has 0 saturated heterocycles. The fourth-order valence-electron chi connectivity index (χ4n) is 3.21. The third kappa shape index (κ3) is 7.87. The van der Waals surface area contributed by atoms with Crippen molar-refractivity contribution >= 4 is 46.9 Å². The SMILES string of the molecule is O=C(CSc1cccc(NC(=O)/C(=C/c2cccnc2)NC(=O)c2ccccc2)c1)Nc1ccncc1. The second-order valence-corrected chi connectivity index (χ2v) is 8.77. The zero-order chi connectivity index (χ0) is 25.9. The number of hydrogen-bond donors (Lipinski definition) is 3. The molecule has 3 amide bonds. The molecule has 9 heteroatoms. The number of pyridine rings is 2. The molecule has 0 bridgehead atoms. The van der Waals surface area contributed by atoms with Crippen molar-refractivity contribution in [3.05, 3.63) is 120 Å². The fourth-order valence-corrected chi connectivity index (χ4v) is 3.97. The third-order valence-electron chi connectivity index (χ3n) is 4.95. The van der Waals surface area contributed by atoms with E-state index < -0.39 is 11.8 Å². The van der Waals surface area contributed by atoms with E-state index in [4.69, 9.17) is 0 Å². The summed E-state index contributed by atoms with van der Waals surface area (Å²) in [5.74, 6) is -0.865. The molecule has 0 unspecified atom stereocenters. The summed E-state index contributed by atoms with van der Waals surface area (Å²) in [6.45, 7) is 0. The fraction of sp³-hybridized carbons (Fsp3) is 0.0357. The minimum absolute atomic E-state index is 0.0663. The van der Waals surface area contributed by atoms with Crippen LogP contribution in [0.25, 0.3) is 6.08 Å². The molecule has 37 heavy (non-hydrogen) atoms. The van der Waals surface area contributed by atoms with Crippen LogP contribution in [0.15, 0.2) is 114 Å². The molecule has 0 atom stereocenters. The van der Waals surface area contributed by atoms with E-state index in [2.05, 4.69) is 25.9 Å². The number of carbonyl (C=O) groups is 3. The van der Waals surface area contributed by atoms with Crippen molar-refractivity contribution in [2.24, 2.45) is 0 Å². The van der Waals surface area contributed by atoms with E-state index in [1.165, 1.54) is 11.8 Å². The molecule has 4 aromatic rings. The van der Waals surface area contributed by atoms with Crippen molar-refractivity contribution in [3.8, 4) is 0 Å². The van der Waals surface area contributed by atoms with Crippen LogP contribution in [0.3, 0.4) is 0 Å². The molecular weight excluding hydrogens is 486 g/mol. The first-order chi connectivity index (χ1) is 18.1. The topological polar surface area (TPSA) is 113 Å². The van der Waals surface area contributed by atoms with E-state index >= 15 is 0 Å². The zero-order valence-corrected chi connectivity index (χ0v) is 20.4. The average Bonchev–Trinajstić information content (AvgIpc) is 2.93. The smallest absolute Gasteiger partial charge is 0.272 e. The van der Waals surface area contributed by atoms with Crippen LogP contribution < -0.4 is 16.0 Å². The molecule has 2 aromatic carbocycles. The van der Waals surface area contributed by atoms with Gasteiger partial charge < -0.3 is 16.0 Å². The average molecular weight is 510 g/mol. The molecule has 0 spiro atoms. The second kappa shape index (κ2) is 12.8. The normalized spacial score (nSPS) is 10.9. The molecule has 0 aliphatic heterocycles. The molecular formula is C28H23N5O3S. The zero-order valence-electron chi connectivity index (χ0n) is 19.6. The monoisotopic (exact) mass is 509 g/mol. The van der Waals surface area contributed by atoms with Gasteiger partial charge in [0.15, 0.2) is 0 Å². The Morgan fingerprint density at radius 2 is 1.59 bits per heavy atom. The summed E-state index contributed by atoms with van der Waals surface area (Å²) in [6, 6.07) is 22.7. The van der Waals surface area contributed by atoms with Crippen molar-refractivity contribution in [3.63, 3.8) is 0 Å². The highest BCUT2D eigenvalue weighted by Crippen LogP contribution is 2.22. The maximum Gasteiger partial charge on any atom is 0.272 e. The summed E-state index contributed by atoms with van der Waals surface area (Å²) in [4.78, 5) is 47.0. The van der Waals surface area contributed by atoms with Gasteiger partial charge in [0.1, 0.15) is 5.70 Å². The number of carbonyl (C=O) groups excluding carboxylic acids is 3. The van der Waals surface area contributed by atoms with E-state index in [-0.39, 0.29) is 17.4 Å². The number of nitrogens with zero attached hydrogens (tertiary/aromatic N) is 2. The molecule has 184 valence electrons. The number of thioether (sulfide) groups is 1. The molecule has 0 aliphatic carbocycles. The number of rotatable bonds is 9. The van der Waals surface area contributed by atoms with Crippen LogP contribution in [0, 0.1) is 0 Å². The van der Waals surface area contributed by atoms with E-state index in [0.29, 0.717) is 22.5 Å². The molecule has 0 radical (unpaired) electrons. The highest BCUT2D eigenvalue weighted by molar-refractivity contribution is 8.00. The summed E-state index contributed by atoms with van der Waals surface area (Å²) in [6.07, 6.45) is 7.99. The van der Waals surface area contributed by atoms with Crippen LogP contribution in [-0.4, -0.2) is 33.4 Å². The van der Waals surface area contributed by atoms with Crippen molar-refractivity contribution in [2.45, 2.75) is 4.90 Å². The first-order valence-corrected chi connectivity index (χ1v) is 12.3. The van der Waals surface area contributed by atoms with E-state index in [1.54, 1.807) is 97.6 Å². The number of anilines is 2. The summed E-state index contributed by atoms with van der Waals surface area (Å²) in [5.41, 5.74) is 2.35. The highest BCUT2D eigenvalue weighted by atomic mass is 32.2. The van der Waals surface area contributed by atoms with Gasteiger partial charge in [0.05, 0.1) is 5.75 Å². The highest BCUT2D eigenvalue weighted by Gasteiger charge is 2.15. The third-order valence-corrected chi connectivity index (χ3v) is 5.94. The largest absolute Gasteiger partial charge is 0.325 e. The maximum atomic E-state index is 13.2. The van der Waals surface area contributed by atoms with Crippen molar-refractivity contribution in [1.29, 1.82) is 0 Å². The van der Waals surface area contributed by atoms with Crippen LogP contribution in [0.4, 0.5) is 11.4 Å². The van der Waals surface area contributed by atoms with E-state index in [0.717, 1.165) is 4.90 Å². The first-order valence-electron chi connectivity index (χ1n) is 11.3. The van der Waals surface area contributed by atoms with Crippen LogP contribution in [0.1, 0.15) is 15.9 Å². The lowest BCUT2D eigenvalue weighted by Crippen LogP contribution is -2.30. The van der Waals surface area contributed by atoms with Gasteiger partial charge in [-0.3, -0.25) is 24.4 Å². The summed E-state index contributed by atoms with van der Waals surface area (Å²) >= 11 is 1.34. The molecule has 0 saturated carbocycles. The predicted octanol–water partition coefficient (Wildman–Crippen LogP) is 4.62. The van der Waals surface area contributed by atoms with Gasteiger partial charge >= 0.3 is 0 Å². The molecule has 0 fully saturated rings. The van der Waals surface area contributed by atoms with Crippen molar-refractivity contribution in [2.75, 3.05) is 16.4 Å². The Hall–Kier alpha value is -4.76. The standard InChI is InChI=1S/C28H23N5O3S/c34-26(31-22-11-14-29-15-12-22)19-37-24-10-4-9-23(17-24)32-28(36)25(16-20-6-5-13-30-18-20)33-27(35)21-7-2-1-3-8-21/h1-18H,19H2,(H,32,36)(H,33,35)(H,29,31,34)/b25-16-. The summed E-state index contributed by atoms with van der Waals surface area (Å²) in [7, 11) is 0. The van der Waals surface area contributed by atoms with Gasteiger partial charge in [-0.1, -0.05) is 30.3 Å². The van der Waals surface area contributed by atoms with Crippen molar-refractivity contribution < 1.29 is 14.4 Å². The van der Waals surface area contributed by atoms with Crippen LogP contribution in [0.2, 0.25) is 0 Å². The molecule has 4 rings (SSSR count). The maximum absolute atomic E-state index is 13.2. The number of nitrogens with one attached hydrogen (secondary N) is 3. The van der Waals surface area contributed by atoms with Crippen LogP contribution in [-0.2, 0) is 9.59 Å². The Morgan fingerprint density at radius 3 is 2.35 bits per heavy atom. The minimum Gasteiger partial charge on any atom is -0.325 e. The lowest BCUT2D eigenvalue weighted by Gasteiger charge is -2.12. The Balaban J connectivity index is 1.44. The lowest BCUT2D eigenvalue weighted by atomic mass is 10.2. The Bertz CT molecular complexity index is 1400. The molecule has 2 heterocycles. The minimum atomic E-state index is -0.495. The molecule has 8 nitrogen and oxygen atoms in total. The molecule has 2 aromatic heterocycles. The quantitative estimate of drug-likeness (QED) is 0.224. The Kier molecular flexibility index (Phi) is 8.77. The van der Waals surface area contributed by atoms with Gasteiger partial charge in [-0.15, -0.1) is 11.8 Å². The number of hydrogen-bond acceptors (Lipinski definition) is 6. The summed E-state index contributed by atoms with van der Waals surface area (Å²) < 4.78 is 0. The first kappa shape index (κ1) is 25.3. The van der Waals surface area contributed by atoms with Crippen LogP contribution in [0.5, 0.6) is 0 Å².